The van der Waals surface area contributed by atoms with Crippen LogP contribution in [0.15, 0.2) is 82.5 Å². The fraction of sp³-hybridized carbons (Fsp3) is 0.200. The number of methoxy groups -OCH3 is 1. The van der Waals surface area contributed by atoms with Gasteiger partial charge < -0.3 is 19.2 Å². The third-order valence-electron chi connectivity index (χ3n) is 6.92. The molecule has 3 aromatic carbocycles. The fourth-order valence-corrected chi connectivity index (χ4v) is 4.95. The van der Waals surface area contributed by atoms with E-state index in [0.717, 1.165) is 35.8 Å². The first-order chi connectivity index (χ1) is 18.8. The van der Waals surface area contributed by atoms with Crippen molar-refractivity contribution >= 4 is 34.0 Å². The van der Waals surface area contributed by atoms with Gasteiger partial charge in [0, 0.05) is 35.9 Å². The maximum atomic E-state index is 14.2. The number of furan rings is 1. The highest BCUT2D eigenvalue weighted by atomic mass is 19.2. The van der Waals surface area contributed by atoms with E-state index < -0.39 is 35.1 Å². The van der Waals surface area contributed by atoms with Crippen molar-refractivity contribution in [2.24, 2.45) is 0 Å². The Bertz CT molecular complexity index is 1610. The SMILES string of the molecule is CCN(CC)c1ccc(C2C(C(=O)c3cc4cccc(OC)c4o3)=C(O)C(=O)N2c2ccc(F)c(F)c2)cc1. The lowest BCUT2D eigenvalue weighted by molar-refractivity contribution is -0.117. The molecule has 9 heteroatoms. The monoisotopic (exact) mass is 532 g/mol. The largest absolute Gasteiger partial charge is 0.503 e. The minimum atomic E-state index is -1.17. The summed E-state index contributed by atoms with van der Waals surface area (Å²) in [6.45, 7) is 5.60. The minimum absolute atomic E-state index is 0.0163. The van der Waals surface area contributed by atoms with Crippen LogP contribution in [0.4, 0.5) is 20.2 Å². The molecule has 1 aliphatic rings. The number of ketones is 1. The van der Waals surface area contributed by atoms with Gasteiger partial charge >= 0.3 is 0 Å². The number of rotatable bonds is 8. The zero-order valence-corrected chi connectivity index (χ0v) is 21.6. The number of aliphatic hydroxyl groups excluding tert-OH is 1. The van der Waals surface area contributed by atoms with Crippen molar-refractivity contribution in [3.8, 4) is 5.75 Å². The number of amides is 1. The van der Waals surface area contributed by atoms with E-state index in [1.54, 1.807) is 30.3 Å². The maximum absolute atomic E-state index is 14.2. The van der Waals surface area contributed by atoms with Gasteiger partial charge in [0.2, 0.25) is 5.78 Å². The van der Waals surface area contributed by atoms with E-state index in [2.05, 4.69) is 4.90 Å². The molecule has 2 heterocycles. The van der Waals surface area contributed by atoms with Gasteiger partial charge in [0.25, 0.3) is 5.91 Å². The van der Waals surface area contributed by atoms with Crippen molar-refractivity contribution in [3.63, 3.8) is 0 Å². The quantitative estimate of drug-likeness (QED) is 0.266. The Morgan fingerprint density at radius 2 is 1.74 bits per heavy atom. The number of para-hydroxylation sites is 1. The summed E-state index contributed by atoms with van der Waals surface area (Å²) >= 11 is 0. The molecule has 0 saturated heterocycles. The lowest BCUT2D eigenvalue weighted by atomic mass is 9.94. The Morgan fingerprint density at radius 3 is 2.38 bits per heavy atom. The number of fused-ring (bicyclic) bond motifs is 1. The van der Waals surface area contributed by atoms with Gasteiger partial charge in [-0.2, -0.15) is 0 Å². The summed E-state index contributed by atoms with van der Waals surface area (Å²) in [6.07, 6.45) is 0. The van der Waals surface area contributed by atoms with E-state index in [9.17, 15) is 23.5 Å². The van der Waals surface area contributed by atoms with Gasteiger partial charge in [0.15, 0.2) is 34.5 Å². The molecule has 0 bridgehead atoms. The highest BCUT2D eigenvalue weighted by Gasteiger charge is 2.45. The first-order valence-electron chi connectivity index (χ1n) is 12.5. The van der Waals surface area contributed by atoms with Crippen LogP contribution >= 0.6 is 0 Å². The lowest BCUT2D eigenvalue weighted by Crippen LogP contribution is -2.31. The smallest absolute Gasteiger partial charge is 0.294 e. The molecule has 1 amide bonds. The predicted octanol–water partition coefficient (Wildman–Crippen LogP) is 6.35. The molecule has 0 radical (unpaired) electrons. The molecule has 39 heavy (non-hydrogen) atoms. The van der Waals surface area contributed by atoms with E-state index in [-0.39, 0.29) is 17.0 Å². The van der Waals surface area contributed by atoms with E-state index >= 15 is 0 Å². The Kier molecular flexibility index (Phi) is 6.82. The summed E-state index contributed by atoms with van der Waals surface area (Å²) in [5, 5.41) is 11.6. The summed E-state index contributed by atoms with van der Waals surface area (Å²) < 4.78 is 39.1. The van der Waals surface area contributed by atoms with Crippen LogP contribution in [-0.2, 0) is 4.79 Å². The molecule has 0 spiro atoms. The number of nitrogens with zero attached hydrogens (tertiary/aromatic N) is 2. The van der Waals surface area contributed by atoms with Gasteiger partial charge in [-0.25, -0.2) is 8.78 Å². The summed E-state index contributed by atoms with van der Waals surface area (Å²) in [5.74, 6) is -4.39. The molecular weight excluding hydrogens is 506 g/mol. The number of ether oxygens (including phenoxy) is 1. The molecule has 0 saturated carbocycles. The maximum Gasteiger partial charge on any atom is 0.294 e. The molecule has 5 rings (SSSR count). The number of benzene rings is 3. The summed E-state index contributed by atoms with van der Waals surface area (Å²) in [6, 6.07) is 15.7. The van der Waals surface area contributed by atoms with Crippen molar-refractivity contribution in [1.82, 2.24) is 0 Å². The van der Waals surface area contributed by atoms with Crippen LogP contribution in [0, 0.1) is 11.6 Å². The van der Waals surface area contributed by atoms with E-state index in [4.69, 9.17) is 9.15 Å². The van der Waals surface area contributed by atoms with E-state index in [1.807, 2.05) is 26.0 Å². The van der Waals surface area contributed by atoms with Gasteiger partial charge in [-0.05, 0) is 55.8 Å². The van der Waals surface area contributed by atoms with Crippen LogP contribution in [-0.4, -0.2) is 37.0 Å². The van der Waals surface area contributed by atoms with Crippen molar-refractivity contribution in [3.05, 3.63) is 101 Å². The normalized spacial score (nSPS) is 15.4. The molecular formula is C30H26F2N2O5. The first kappa shape index (κ1) is 26.0. The Hall–Kier alpha value is -4.66. The number of halogens is 2. The highest BCUT2D eigenvalue weighted by molar-refractivity contribution is 6.20. The molecule has 1 aliphatic heterocycles. The number of aliphatic hydroxyl groups is 1. The Morgan fingerprint density at radius 1 is 1.03 bits per heavy atom. The lowest BCUT2D eigenvalue weighted by Gasteiger charge is -2.28. The molecule has 1 unspecified atom stereocenters. The molecule has 1 aromatic heterocycles. The molecule has 200 valence electrons. The first-order valence-corrected chi connectivity index (χ1v) is 12.5. The van der Waals surface area contributed by atoms with Crippen molar-refractivity contribution < 1.29 is 32.6 Å². The zero-order valence-electron chi connectivity index (χ0n) is 21.6. The van der Waals surface area contributed by atoms with Crippen LogP contribution in [0.2, 0.25) is 0 Å². The molecule has 1 atom stereocenters. The van der Waals surface area contributed by atoms with Gasteiger partial charge in [-0.15, -0.1) is 0 Å². The van der Waals surface area contributed by atoms with Gasteiger partial charge in [-0.1, -0.05) is 24.3 Å². The van der Waals surface area contributed by atoms with Crippen molar-refractivity contribution in [2.75, 3.05) is 30.0 Å². The summed E-state index contributed by atoms with van der Waals surface area (Å²) in [4.78, 5) is 30.4. The minimum Gasteiger partial charge on any atom is -0.503 e. The van der Waals surface area contributed by atoms with Gasteiger partial charge in [0.1, 0.15) is 0 Å². The average Bonchev–Trinajstić information content (AvgIpc) is 3.50. The second kappa shape index (κ2) is 10.2. The van der Waals surface area contributed by atoms with Crippen molar-refractivity contribution in [1.29, 1.82) is 0 Å². The number of carbonyl (C=O) groups excluding carboxylic acids is 2. The molecule has 0 fully saturated rings. The topological polar surface area (TPSA) is 83.2 Å². The van der Waals surface area contributed by atoms with E-state index in [1.165, 1.54) is 19.2 Å². The number of anilines is 2. The van der Waals surface area contributed by atoms with Crippen LogP contribution in [0.1, 0.15) is 36.0 Å². The molecule has 1 N–H and O–H groups in total. The summed E-state index contributed by atoms with van der Waals surface area (Å²) in [7, 11) is 1.47. The summed E-state index contributed by atoms with van der Waals surface area (Å²) in [5.41, 5.74) is 1.50. The second-order valence-electron chi connectivity index (χ2n) is 9.02. The molecule has 4 aromatic rings. The van der Waals surface area contributed by atoms with Crippen LogP contribution in [0.3, 0.4) is 0 Å². The number of carbonyl (C=O) groups is 2. The van der Waals surface area contributed by atoms with Gasteiger partial charge in [-0.3, -0.25) is 14.5 Å². The standard InChI is InChI=1S/C30H26F2N2O5/c1-4-33(5-2)19-11-9-17(10-12-19)26-25(27(35)24-15-18-7-6-8-23(38-3)29(18)39-24)28(36)30(37)34(26)20-13-14-21(31)22(32)16-20/h6-16,26,36H,4-5H2,1-3H3. The highest BCUT2D eigenvalue weighted by Crippen LogP contribution is 2.43. The molecule has 0 aliphatic carbocycles. The van der Waals surface area contributed by atoms with E-state index in [0.29, 0.717) is 22.3 Å². The third kappa shape index (κ3) is 4.39. The zero-order chi connectivity index (χ0) is 27.8. The van der Waals surface area contributed by atoms with Crippen LogP contribution in [0.5, 0.6) is 5.75 Å². The van der Waals surface area contributed by atoms with Crippen LogP contribution in [0.25, 0.3) is 11.0 Å². The molecule has 7 nitrogen and oxygen atoms in total. The third-order valence-corrected chi connectivity index (χ3v) is 6.92. The second-order valence-corrected chi connectivity index (χ2v) is 9.02. The van der Waals surface area contributed by atoms with Crippen molar-refractivity contribution in [2.45, 2.75) is 19.9 Å². The number of hydrogen-bond acceptors (Lipinski definition) is 6. The van der Waals surface area contributed by atoms with Gasteiger partial charge in [0.05, 0.1) is 18.7 Å². The average molecular weight is 533 g/mol. The number of Topliss-reactive ketones (excluding diaryl/α,β-unsaturated/α-hetero) is 1. The Balaban J connectivity index is 1.64. The number of hydrogen-bond donors (Lipinski definition) is 1. The fourth-order valence-electron chi connectivity index (χ4n) is 4.95. The van der Waals surface area contributed by atoms with Crippen LogP contribution < -0.4 is 14.5 Å². The Labute approximate surface area is 223 Å². The predicted molar refractivity (Wildman–Crippen MR) is 143 cm³/mol.